The molecule has 2 fully saturated rings. The van der Waals surface area contributed by atoms with Gasteiger partial charge in [-0.3, -0.25) is 0 Å². The average molecular weight is 611 g/mol. The van der Waals surface area contributed by atoms with Crippen molar-refractivity contribution in [2.24, 2.45) is 0 Å². The number of benzene rings is 5. The maximum atomic E-state index is 5.96. The highest BCUT2D eigenvalue weighted by atomic mass is 31.1. The van der Waals surface area contributed by atoms with E-state index in [0.29, 0.717) is 0 Å². The molecule has 0 aliphatic heterocycles. The Bertz CT molecular complexity index is 1380. The minimum atomic E-state index is -1.22. The molecule has 0 unspecified atom stereocenters. The van der Waals surface area contributed by atoms with Crippen molar-refractivity contribution in [3.63, 3.8) is 0 Å². The van der Waals surface area contributed by atoms with E-state index in [4.69, 9.17) is 4.74 Å². The molecule has 5 aromatic rings. The van der Waals surface area contributed by atoms with Gasteiger partial charge in [-0.25, -0.2) is 0 Å². The Morgan fingerprint density at radius 2 is 0.822 bits per heavy atom. The topological polar surface area (TPSA) is 9.23 Å². The van der Waals surface area contributed by atoms with Gasteiger partial charge in [0.05, 0.1) is 17.9 Å². The van der Waals surface area contributed by atoms with Crippen LogP contribution in [0.2, 0.25) is 0 Å². The summed E-state index contributed by atoms with van der Waals surface area (Å²) in [6.45, 7) is 2.90. The van der Waals surface area contributed by atoms with Crippen molar-refractivity contribution >= 4 is 41.2 Å². The molecule has 1 nitrogen and oxygen atoms in total. The molecule has 0 radical (unpaired) electrons. The molecule has 0 amide bonds. The minimum absolute atomic E-state index is 0.454. The molecular weight excluding hydrogens is 562 g/mol. The van der Waals surface area contributed by atoms with Crippen molar-refractivity contribution in [1.82, 2.24) is 0 Å². The Morgan fingerprint density at radius 3 is 1.18 bits per heavy atom. The number of hydrogen-bond donors (Lipinski definition) is 0. The molecule has 0 aromatic heterocycles. The summed E-state index contributed by atoms with van der Waals surface area (Å²) in [7, 11) is -0.454. The van der Waals surface area contributed by atoms with Crippen LogP contribution in [0.4, 0.5) is 0 Å². The Labute approximate surface area is 272 Å². The maximum Gasteiger partial charge on any atom is 0.161 e. The lowest BCUT2D eigenvalue weighted by Gasteiger charge is -2.44. The van der Waals surface area contributed by atoms with Gasteiger partial charge in [-0.05, 0) is 70.4 Å². The van der Waals surface area contributed by atoms with Crippen LogP contribution >= 0.6 is 7.92 Å². The predicted octanol–water partition coefficient (Wildman–Crippen LogP) is 7.87. The van der Waals surface area contributed by atoms with E-state index in [0.717, 1.165) is 17.9 Å². The molecule has 0 spiro atoms. The number of hydrogen-bond acceptors (Lipinski definition) is 1. The third-order valence-electron chi connectivity index (χ3n) is 10.3. The van der Waals surface area contributed by atoms with E-state index in [9.17, 15) is 0 Å². The zero-order chi connectivity index (χ0) is 30.7. The summed E-state index contributed by atoms with van der Waals surface area (Å²) in [6.07, 6.45) is 10.5. The fraction of sp³-hybridized carbons (Fsp3) is 0.286. The number of ether oxygens (including phenoxy) is 1. The van der Waals surface area contributed by atoms with Gasteiger partial charge in [-0.1, -0.05) is 133 Å². The average Bonchev–Trinajstić information content (AvgIpc) is 3.85. The van der Waals surface area contributed by atoms with Crippen molar-refractivity contribution in [3.8, 4) is 5.75 Å². The smallest absolute Gasteiger partial charge is 0.161 e. The van der Waals surface area contributed by atoms with Gasteiger partial charge in [-0.2, -0.15) is 21.9 Å². The van der Waals surface area contributed by atoms with E-state index in [1.165, 1.54) is 79.0 Å². The molecule has 3 heteroatoms. The Balaban J connectivity index is 0.000000163. The lowest BCUT2D eigenvalue weighted by Crippen LogP contribution is -2.74. The van der Waals surface area contributed by atoms with Crippen LogP contribution in [0.5, 0.6) is 5.75 Å². The van der Waals surface area contributed by atoms with Crippen LogP contribution in [0.15, 0.2) is 146 Å². The first-order valence-electron chi connectivity index (χ1n) is 17.3. The van der Waals surface area contributed by atoms with Crippen molar-refractivity contribution in [2.45, 2.75) is 69.6 Å². The van der Waals surface area contributed by atoms with Gasteiger partial charge < -0.3 is 4.74 Å². The van der Waals surface area contributed by atoms with Crippen molar-refractivity contribution < 1.29 is 4.74 Å². The monoisotopic (exact) mass is 610 g/mol. The molecule has 0 heterocycles. The summed E-state index contributed by atoms with van der Waals surface area (Å²) in [5.74, 6) is 1.20. The van der Waals surface area contributed by atoms with E-state index in [2.05, 4.69) is 153 Å². The second kappa shape index (κ2) is 15.6. The zero-order valence-electron chi connectivity index (χ0n) is 26.9. The summed E-state index contributed by atoms with van der Waals surface area (Å²) in [6, 6.07) is 52.5. The lowest BCUT2D eigenvalue weighted by molar-refractivity contribution is 0.343. The SMILES string of the molecule is CCOc1ccccc1[PH+](C1CCCC1)C1CCCC1.c1ccc([B-](c2ccccc2)(c2ccccc2)c2ccccc2)cc1. The van der Waals surface area contributed by atoms with Crippen LogP contribution in [-0.2, 0) is 0 Å². The molecule has 45 heavy (non-hydrogen) atoms. The summed E-state index contributed by atoms with van der Waals surface area (Å²) in [4.78, 5) is 0. The first kappa shape index (κ1) is 31.4. The standard InChI is InChI=1S/C24H20B.C18H27OP/c1-5-13-21(14-6-1)25(22-15-7-2-8-16-22,23-17-9-3-10-18-23)24-19-11-4-12-20-24;1-2-19-17-13-7-8-14-18(17)20(15-9-3-4-10-15)16-11-5-6-12-16/h1-20H;7-8,13-16H,2-6,9-12H2,1H3/q-1;/p+1. The van der Waals surface area contributed by atoms with Gasteiger partial charge in [0, 0.05) is 7.92 Å². The molecule has 0 atom stereocenters. The van der Waals surface area contributed by atoms with Gasteiger partial charge in [0.1, 0.15) is 11.5 Å². The number of rotatable bonds is 9. The fourth-order valence-electron chi connectivity index (χ4n) is 8.35. The third kappa shape index (κ3) is 6.98. The number of para-hydroxylation sites is 1. The van der Waals surface area contributed by atoms with E-state index in [1.54, 1.807) is 5.30 Å². The van der Waals surface area contributed by atoms with Crippen LogP contribution in [-0.4, -0.2) is 24.1 Å². The quantitative estimate of drug-likeness (QED) is 0.122. The van der Waals surface area contributed by atoms with Crippen molar-refractivity contribution in [1.29, 1.82) is 0 Å². The molecule has 0 N–H and O–H groups in total. The van der Waals surface area contributed by atoms with E-state index >= 15 is 0 Å². The third-order valence-corrected chi connectivity index (χ3v) is 14.2. The van der Waals surface area contributed by atoms with Gasteiger partial charge >= 0.3 is 0 Å². The van der Waals surface area contributed by atoms with Crippen molar-refractivity contribution in [2.75, 3.05) is 6.61 Å². The molecule has 2 saturated carbocycles. The van der Waals surface area contributed by atoms with E-state index in [-0.39, 0.29) is 0 Å². The van der Waals surface area contributed by atoms with Gasteiger partial charge in [0.25, 0.3) is 0 Å². The molecule has 2 aliphatic rings. The maximum absolute atomic E-state index is 5.96. The minimum Gasteiger partial charge on any atom is -0.490 e. The van der Waals surface area contributed by atoms with Crippen molar-refractivity contribution in [3.05, 3.63) is 146 Å². The van der Waals surface area contributed by atoms with Gasteiger partial charge in [0.15, 0.2) is 5.75 Å². The highest BCUT2D eigenvalue weighted by molar-refractivity contribution is 7.67. The van der Waals surface area contributed by atoms with Crippen LogP contribution < -0.4 is 31.9 Å². The van der Waals surface area contributed by atoms with Crippen LogP contribution in [0, 0.1) is 0 Å². The molecule has 5 aromatic carbocycles. The highest BCUT2D eigenvalue weighted by Crippen LogP contribution is 2.57. The molecule has 7 rings (SSSR count). The summed E-state index contributed by atoms with van der Waals surface area (Å²) < 4.78 is 5.96. The summed E-state index contributed by atoms with van der Waals surface area (Å²) in [5.41, 5.74) is 7.36. The molecule has 0 bridgehead atoms. The lowest BCUT2D eigenvalue weighted by atomic mass is 9.13. The molecular formula is C42H48BOP. The van der Waals surface area contributed by atoms with Gasteiger partial charge in [0.2, 0.25) is 0 Å². The molecule has 2 aliphatic carbocycles. The highest BCUT2D eigenvalue weighted by Gasteiger charge is 2.42. The zero-order valence-corrected chi connectivity index (χ0v) is 27.9. The largest absolute Gasteiger partial charge is 0.490 e. The second-order valence-electron chi connectivity index (χ2n) is 12.9. The van der Waals surface area contributed by atoms with Gasteiger partial charge in [-0.15, -0.1) is 0 Å². The first-order chi connectivity index (χ1) is 22.3. The van der Waals surface area contributed by atoms with Crippen LogP contribution in [0.3, 0.4) is 0 Å². The summed E-state index contributed by atoms with van der Waals surface area (Å²) >= 11 is 0. The Kier molecular flexibility index (Phi) is 10.9. The van der Waals surface area contributed by atoms with E-state index < -0.39 is 14.1 Å². The van der Waals surface area contributed by atoms with E-state index in [1.807, 2.05) is 0 Å². The molecule has 230 valence electrons. The van der Waals surface area contributed by atoms with Crippen LogP contribution in [0.1, 0.15) is 58.3 Å². The summed E-state index contributed by atoms with van der Waals surface area (Å²) in [5, 5.41) is 1.61. The normalized spacial score (nSPS) is 15.5. The Hall–Kier alpha value is -3.61. The fourth-order valence-corrected chi connectivity index (χ4v) is 12.7. The second-order valence-corrected chi connectivity index (χ2v) is 15.9. The van der Waals surface area contributed by atoms with Crippen LogP contribution in [0.25, 0.3) is 0 Å². The molecule has 0 saturated heterocycles. The Morgan fingerprint density at radius 1 is 0.489 bits per heavy atom. The predicted molar refractivity (Wildman–Crippen MR) is 200 cm³/mol. The first-order valence-corrected chi connectivity index (χ1v) is 18.9.